The van der Waals surface area contributed by atoms with Crippen molar-refractivity contribution in [2.75, 3.05) is 11.1 Å². The topological polar surface area (TPSA) is 50.9 Å². The van der Waals surface area contributed by atoms with E-state index in [1.54, 1.807) is 23.5 Å². The third-order valence-corrected chi connectivity index (χ3v) is 3.71. The Morgan fingerprint density at radius 2 is 2.25 bits per heavy atom. The van der Waals surface area contributed by atoms with Crippen LogP contribution in [0.5, 0.6) is 0 Å². The summed E-state index contributed by atoms with van der Waals surface area (Å²) in [6.45, 7) is 0.711. The van der Waals surface area contributed by atoms with Crippen molar-refractivity contribution in [1.82, 2.24) is 4.98 Å². The Morgan fingerprint density at radius 3 is 2.88 bits per heavy atom. The largest absolute Gasteiger partial charge is 0.399 e. The van der Waals surface area contributed by atoms with Crippen LogP contribution < -0.4 is 11.1 Å². The van der Waals surface area contributed by atoms with Crippen molar-refractivity contribution in [3.8, 4) is 0 Å². The van der Waals surface area contributed by atoms with Gasteiger partial charge in [0.1, 0.15) is 11.0 Å². The van der Waals surface area contributed by atoms with Crippen LogP contribution in [0.1, 0.15) is 4.88 Å². The van der Waals surface area contributed by atoms with Crippen molar-refractivity contribution in [3.05, 3.63) is 38.1 Å². The molecule has 2 rings (SSSR count). The number of nitrogens with one attached hydrogen (secondary N) is 1. The molecule has 0 saturated carbocycles. The average Bonchev–Trinajstić information content (AvgIpc) is 2.60. The Hall–Kier alpha value is -0.780. The fourth-order valence-electron chi connectivity index (χ4n) is 1.23. The molecule has 0 unspecified atom stereocenters. The molecule has 16 heavy (non-hydrogen) atoms. The van der Waals surface area contributed by atoms with Crippen molar-refractivity contribution in [3.63, 3.8) is 0 Å². The average molecular weight is 319 g/mol. The second-order valence-corrected chi connectivity index (χ2v) is 6.10. The summed E-state index contributed by atoms with van der Waals surface area (Å²) in [5, 5.41) is 3.57. The predicted molar refractivity (Wildman–Crippen MR) is 73.0 cm³/mol. The molecule has 3 N–H and O–H groups in total. The highest BCUT2D eigenvalue weighted by molar-refractivity contribution is 9.11. The summed E-state index contributed by atoms with van der Waals surface area (Å²) in [6, 6.07) is 7.44. The smallest absolute Gasteiger partial charge is 0.133 e. The normalized spacial score (nSPS) is 10.4. The van der Waals surface area contributed by atoms with Crippen LogP contribution in [0.4, 0.5) is 11.5 Å². The summed E-state index contributed by atoms with van der Waals surface area (Å²) in [5.41, 5.74) is 6.27. The minimum Gasteiger partial charge on any atom is -0.399 e. The number of nitrogens with zero attached hydrogens (tertiary/aromatic N) is 1. The van der Waals surface area contributed by atoms with E-state index in [0.29, 0.717) is 23.2 Å². The van der Waals surface area contributed by atoms with Gasteiger partial charge in [-0.2, -0.15) is 0 Å². The van der Waals surface area contributed by atoms with Gasteiger partial charge in [-0.3, -0.25) is 0 Å². The molecular weight excluding hydrogens is 310 g/mol. The van der Waals surface area contributed by atoms with Gasteiger partial charge >= 0.3 is 0 Å². The molecular formula is C10H9BrClN3S. The van der Waals surface area contributed by atoms with E-state index in [9.17, 15) is 0 Å². The van der Waals surface area contributed by atoms with Gasteiger partial charge in [0.25, 0.3) is 0 Å². The summed E-state index contributed by atoms with van der Waals surface area (Å²) < 4.78 is 1.11. The minimum absolute atomic E-state index is 0.398. The number of halogens is 2. The molecule has 84 valence electrons. The van der Waals surface area contributed by atoms with Gasteiger partial charge in [0.15, 0.2) is 0 Å². The molecule has 0 atom stereocenters. The first-order valence-corrected chi connectivity index (χ1v) is 6.53. The number of nitrogen functional groups attached to an aromatic ring is 1. The van der Waals surface area contributed by atoms with Crippen LogP contribution in [-0.2, 0) is 6.54 Å². The fourth-order valence-corrected chi connectivity index (χ4v) is 2.87. The van der Waals surface area contributed by atoms with Crippen LogP contribution in [-0.4, -0.2) is 4.98 Å². The van der Waals surface area contributed by atoms with Crippen LogP contribution in [0.15, 0.2) is 28.1 Å². The maximum absolute atomic E-state index is 5.80. The number of hydrogen-bond acceptors (Lipinski definition) is 4. The van der Waals surface area contributed by atoms with E-state index in [4.69, 9.17) is 17.3 Å². The molecule has 2 aromatic heterocycles. The first-order valence-electron chi connectivity index (χ1n) is 4.54. The molecule has 0 fully saturated rings. The highest BCUT2D eigenvalue weighted by Crippen LogP contribution is 2.23. The van der Waals surface area contributed by atoms with E-state index >= 15 is 0 Å². The molecule has 0 bridgehead atoms. The minimum atomic E-state index is 0.398. The summed E-state index contributed by atoms with van der Waals surface area (Å²) in [7, 11) is 0. The first-order chi connectivity index (χ1) is 7.63. The number of anilines is 2. The third-order valence-electron chi connectivity index (χ3n) is 1.89. The van der Waals surface area contributed by atoms with Gasteiger partial charge in [0, 0.05) is 16.6 Å². The van der Waals surface area contributed by atoms with Crippen molar-refractivity contribution in [2.24, 2.45) is 0 Å². The molecule has 0 aliphatic heterocycles. The quantitative estimate of drug-likeness (QED) is 0.847. The monoisotopic (exact) mass is 317 g/mol. The standard InChI is InChI=1S/C10H9BrClN3S/c11-8-2-1-7(16-8)5-14-10-4-6(13)3-9(12)15-10/h1-4H,5H2,(H3,13,14,15). The van der Waals surface area contributed by atoms with Crippen molar-refractivity contribution in [2.45, 2.75) is 6.54 Å². The maximum Gasteiger partial charge on any atom is 0.133 e. The van der Waals surface area contributed by atoms with Gasteiger partial charge in [0.05, 0.1) is 10.3 Å². The van der Waals surface area contributed by atoms with Crippen molar-refractivity contribution in [1.29, 1.82) is 0 Å². The van der Waals surface area contributed by atoms with Gasteiger partial charge in [-0.1, -0.05) is 11.6 Å². The lowest BCUT2D eigenvalue weighted by Crippen LogP contribution is -2.00. The van der Waals surface area contributed by atoms with Gasteiger partial charge < -0.3 is 11.1 Å². The number of thiophene rings is 1. The number of nitrogens with two attached hydrogens (primary N) is 1. The van der Waals surface area contributed by atoms with E-state index in [1.807, 2.05) is 6.07 Å². The number of pyridine rings is 1. The Morgan fingerprint density at radius 1 is 1.44 bits per heavy atom. The highest BCUT2D eigenvalue weighted by Gasteiger charge is 2.01. The number of aromatic nitrogens is 1. The molecule has 0 amide bonds. The lowest BCUT2D eigenvalue weighted by molar-refractivity contribution is 1.14. The molecule has 0 aromatic carbocycles. The Kier molecular flexibility index (Phi) is 3.68. The summed E-state index contributed by atoms with van der Waals surface area (Å²) >= 11 is 10.9. The zero-order valence-electron chi connectivity index (χ0n) is 8.21. The van der Waals surface area contributed by atoms with Crippen molar-refractivity contribution < 1.29 is 0 Å². The van der Waals surface area contributed by atoms with Crippen LogP contribution in [0, 0.1) is 0 Å². The van der Waals surface area contributed by atoms with Crippen LogP contribution in [0.2, 0.25) is 5.15 Å². The van der Waals surface area contributed by atoms with Gasteiger partial charge in [0.2, 0.25) is 0 Å². The van der Waals surface area contributed by atoms with E-state index in [-0.39, 0.29) is 0 Å². The third kappa shape index (κ3) is 3.10. The molecule has 2 heterocycles. The first kappa shape index (κ1) is 11.7. The zero-order valence-corrected chi connectivity index (χ0v) is 11.4. The molecule has 0 aliphatic carbocycles. The molecule has 0 aliphatic rings. The number of hydrogen-bond donors (Lipinski definition) is 2. The van der Waals surface area contributed by atoms with Crippen molar-refractivity contribution >= 4 is 50.4 Å². The highest BCUT2D eigenvalue weighted by atomic mass is 79.9. The molecule has 0 spiro atoms. The Labute approximate surface area is 111 Å². The molecule has 2 aromatic rings. The molecule has 3 nitrogen and oxygen atoms in total. The van der Waals surface area contributed by atoms with E-state index < -0.39 is 0 Å². The number of rotatable bonds is 3. The van der Waals surface area contributed by atoms with E-state index in [1.165, 1.54) is 4.88 Å². The maximum atomic E-state index is 5.80. The van der Waals surface area contributed by atoms with Crippen LogP contribution in [0.25, 0.3) is 0 Å². The lowest BCUT2D eigenvalue weighted by Gasteiger charge is -2.05. The van der Waals surface area contributed by atoms with E-state index in [0.717, 1.165) is 3.79 Å². The Balaban J connectivity index is 2.04. The van der Waals surface area contributed by atoms with Gasteiger partial charge in [-0.15, -0.1) is 11.3 Å². The summed E-state index contributed by atoms with van der Waals surface area (Å²) in [5.74, 6) is 0.689. The van der Waals surface area contributed by atoms with E-state index in [2.05, 4.69) is 32.3 Å². The molecule has 0 saturated heterocycles. The SMILES string of the molecule is Nc1cc(Cl)nc(NCc2ccc(Br)s2)c1. The van der Waals surface area contributed by atoms with Crippen LogP contribution in [0.3, 0.4) is 0 Å². The van der Waals surface area contributed by atoms with Gasteiger partial charge in [-0.25, -0.2) is 4.98 Å². The fraction of sp³-hybridized carbons (Fsp3) is 0.100. The van der Waals surface area contributed by atoms with Gasteiger partial charge in [-0.05, 0) is 34.1 Å². The second kappa shape index (κ2) is 5.03. The molecule has 6 heteroatoms. The zero-order chi connectivity index (χ0) is 11.5. The lowest BCUT2D eigenvalue weighted by atomic mass is 10.4. The molecule has 0 radical (unpaired) electrons. The summed E-state index contributed by atoms with van der Waals surface area (Å²) in [4.78, 5) is 5.34. The second-order valence-electron chi connectivity index (χ2n) is 3.17. The Bertz CT molecular complexity index is 480. The predicted octanol–water partition coefficient (Wildman–Crippen LogP) is 3.75. The van der Waals surface area contributed by atoms with Crippen LogP contribution >= 0.6 is 38.9 Å². The summed E-state index contributed by atoms with van der Waals surface area (Å²) in [6.07, 6.45) is 0.